The number of hydrogen-bond acceptors (Lipinski definition) is 1. The minimum absolute atomic E-state index is 0.0891. The first kappa shape index (κ1) is 15.1. The van der Waals surface area contributed by atoms with Gasteiger partial charge in [-0.2, -0.15) is 0 Å². The molecule has 0 aliphatic rings. The molecule has 0 aliphatic heterocycles. The molecule has 0 radical (unpaired) electrons. The van der Waals surface area contributed by atoms with E-state index in [9.17, 15) is 9.18 Å². The Balaban J connectivity index is 2.15. The van der Waals surface area contributed by atoms with Gasteiger partial charge in [0.1, 0.15) is 5.82 Å². The maximum absolute atomic E-state index is 13.1. The third-order valence-electron chi connectivity index (χ3n) is 2.37. The van der Waals surface area contributed by atoms with Crippen LogP contribution in [0.25, 0.3) is 0 Å². The first-order valence-electron chi connectivity index (χ1n) is 5.44. The number of halogens is 4. The van der Waals surface area contributed by atoms with Crippen LogP contribution >= 0.6 is 39.1 Å². The zero-order valence-electron chi connectivity index (χ0n) is 9.88. The molecule has 0 heterocycles. The second-order valence-electron chi connectivity index (χ2n) is 3.80. The highest BCUT2D eigenvalue weighted by atomic mass is 79.9. The molecule has 7 heteroatoms. The van der Waals surface area contributed by atoms with Gasteiger partial charge in [-0.05, 0) is 40.2 Å². The Morgan fingerprint density at radius 1 is 1.10 bits per heavy atom. The molecule has 0 aliphatic carbocycles. The summed E-state index contributed by atoms with van der Waals surface area (Å²) in [6.07, 6.45) is 0. The third-order valence-corrected chi connectivity index (χ3v) is 3.62. The van der Waals surface area contributed by atoms with Crippen LogP contribution in [-0.4, -0.2) is 6.03 Å². The quantitative estimate of drug-likeness (QED) is 0.708. The van der Waals surface area contributed by atoms with Crippen LogP contribution in [0.15, 0.2) is 40.9 Å². The van der Waals surface area contributed by atoms with E-state index in [0.29, 0.717) is 15.2 Å². The summed E-state index contributed by atoms with van der Waals surface area (Å²) < 4.78 is 13.4. The molecule has 2 amide bonds. The number of urea groups is 1. The van der Waals surface area contributed by atoms with Crippen molar-refractivity contribution < 1.29 is 9.18 Å². The number of carbonyl (C=O) groups is 1. The molecule has 2 rings (SSSR count). The van der Waals surface area contributed by atoms with Crippen LogP contribution in [0.1, 0.15) is 0 Å². The molecule has 0 saturated carbocycles. The fourth-order valence-corrected chi connectivity index (χ4v) is 2.57. The van der Waals surface area contributed by atoms with Crippen molar-refractivity contribution in [2.45, 2.75) is 0 Å². The zero-order chi connectivity index (χ0) is 14.7. The molecule has 0 bridgehead atoms. The van der Waals surface area contributed by atoms with Crippen LogP contribution < -0.4 is 10.6 Å². The SMILES string of the molecule is O=C(Nc1ccccc1Cl)Nc1c(Cl)cc(F)cc1Br. The van der Waals surface area contributed by atoms with Crippen LogP contribution in [0.2, 0.25) is 10.0 Å². The minimum Gasteiger partial charge on any atom is -0.306 e. The van der Waals surface area contributed by atoms with E-state index in [1.807, 2.05) is 0 Å². The molecule has 0 aromatic heterocycles. The van der Waals surface area contributed by atoms with Gasteiger partial charge in [0.05, 0.1) is 21.4 Å². The van der Waals surface area contributed by atoms with Crippen molar-refractivity contribution in [1.82, 2.24) is 0 Å². The van der Waals surface area contributed by atoms with Crippen LogP contribution in [0.4, 0.5) is 20.6 Å². The predicted molar refractivity (Wildman–Crippen MR) is 83.2 cm³/mol. The summed E-state index contributed by atoms with van der Waals surface area (Å²) in [5.74, 6) is -0.501. The van der Waals surface area contributed by atoms with Gasteiger partial charge in [-0.15, -0.1) is 0 Å². The third kappa shape index (κ3) is 3.62. The Bertz CT molecular complexity index is 644. The second-order valence-corrected chi connectivity index (χ2v) is 5.47. The first-order valence-corrected chi connectivity index (χ1v) is 6.99. The number of benzene rings is 2. The fraction of sp³-hybridized carbons (Fsp3) is 0. The number of anilines is 2. The largest absolute Gasteiger partial charge is 0.323 e. The normalized spacial score (nSPS) is 10.2. The molecular weight excluding hydrogens is 370 g/mol. The molecule has 0 spiro atoms. The van der Waals surface area contributed by atoms with Crippen molar-refractivity contribution in [1.29, 1.82) is 0 Å². The van der Waals surface area contributed by atoms with E-state index in [-0.39, 0.29) is 10.7 Å². The van der Waals surface area contributed by atoms with Crippen LogP contribution in [0, 0.1) is 5.82 Å². The standard InChI is InChI=1S/C13H8BrCl2FN2O/c14-8-5-7(17)6-10(16)12(8)19-13(20)18-11-4-2-1-3-9(11)15/h1-6H,(H2,18,19,20). The van der Waals surface area contributed by atoms with Gasteiger partial charge in [0.15, 0.2) is 0 Å². The Morgan fingerprint density at radius 2 is 1.80 bits per heavy atom. The molecule has 0 atom stereocenters. The Labute approximate surface area is 133 Å². The van der Waals surface area contributed by atoms with Crippen LogP contribution in [0.5, 0.6) is 0 Å². The summed E-state index contributed by atoms with van der Waals surface area (Å²) in [6, 6.07) is 8.57. The number of nitrogens with one attached hydrogen (secondary N) is 2. The summed E-state index contributed by atoms with van der Waals surface area (Å²) in [5, 5.41) is 5.60. The lowest BCUT2D eigenvalue weighted by Gasteiger charge is -2.11. The number of rotatable bonds is 2. The smallest absolute Gasteiger partial charge is 0.306 e. The van der Waals surface area contributed by atoms with Gasteiger partial charge < -0.3 is 10.6 Å². The molecule has 0 unspecified atom stereocenters. The van der Waals surface area contributed by atoms with E-state index in [4.69, 9.17) is 23.2 Å². The van der Waals surface area contributed by atoms with Gasteiger partial charge in [-0.3, -0.25) is 0 Å². The van der Waals surface area contributed by atoms with Crippen molar-refractivity contribution in [2.75, 3.05) is 10.6 Å². The van der Waals surface area contributed by atoms with Gasteiger partial charge >= 0.3 is 6.03 Å². The summed E-state index contributed by atoms with van der Waals surface area (Å²) >= 11 is 14.9. The van der Waals surface area contributed by atoms with Crippen molar-refractivity contribution in [3.8, 4) is 0 Å². The number of hydrogen-bond donors (Lipinski definition) is 2. The highest BCUT2D eigenvalue weighted by molar-refractivity contribution is 9.10. The van der Waals surface area contributed by atoms with Crippen LogP contribution in [0.3, 0.4) is 0 Å². The van der Waals surface area contributed by atoms with Crippen molar-refractivity contribution in [3.63, 3.8) is 0 Å². The average Bonchev–Trinajstić information content (AvgIpc) is 2.36. The molecule has 104 valence electrons. The summed E-state index contributed by atoms with van der Waals surface area (Å²) in [4.78, 5) is 11.9. The van der Waals surface area contributed by atoms with Gasteiger partial charge in [-0.25, -0.2) is 9.18 Å². The molecule has 3 nitrogen and oxygen atoms in total. The van der Waals surface area contributed by atoms with Crippen molar-refractivity contribution in [2.24, 2.45) is 0 Å². The van der Waals surface area contributed by atoms with E-state index >= 15 is 0 Å². The molecule has 2 N–H and O–H groups in total. The lowest BCUT2D eigenvalue weighted by atomic mass is 10.3. The minimum atomic E-state index is -0.535. The summed E-state index contributed by atoms with van der Waals surface area (Å²) in [6.45, 7) is 0. The van der Waals surface area contributed by atoms with E-state index in [0.717, 1.165) is 6.07 Å². The van der Waals surface area contributed by atoms with Gasteiger partial charge in [0.25, 0.3) is 0 Å². The molecule has 2 aromatic carbocycles. The Hall–Kier alpha value is -1.30. The van der Waals surface area contributed by atoms with Crippen molar-refractivity contribution >= 4 is 56.5 Å². The summed E-state index contributed by atoms with van der Waals surface area (Å²) in [5.41, 5.74) is 0.735. The first-order chi connectivity index (χ1) is 9.47. The topological polar surface area (TPSA) is 41.1 Å². The van der Waals surface area contributed by atoms with Crippen LogP contribution in [-0.2, 0) is 0 Å². The van der Waals surface area contributed by atoms with E-state index in [1.165, 1.54) is 6.07 Å². The highest BCUT2D eigenvalue weighted by Crippen LogP contribution is 2.32. The second kappa shape index (κ2) is 6.43. The van der Waals surface area contributed by atoms with E-state index in [2.05, 4.69) is 26.6 Å². The molecular formula is C13H8BrCl2FN2O. The Kier molecular flexibility index (Phi) is 4.86. The van der Waals surface area contributed by atoms with Crippen molar-refractivity contribution in [3.05, 3.63) is 56.7 Å². The number of carbonyl (C=O) groups excluding carboxylic acids is 1. The maximum Gasteiger partial charge on any atom is 0.323 e. The fourth-order valence-electron chi connectivity index (χ4n) is 1.49. The van der Waals surface area contributed by atoms with E-state index < -0.39 is 11.8 Å². The van der Waals surface area contributed by atoms with Gasteiger partial charge in [0, 0.05) is 4.47 Å². The highest BCUT2D eigenvalue weighted by Gasteiger charge is 2.12. The summed E-state index contributed by atoms with van der Waals surface area (Å²) in [7, 11) is 0. The predicted octanol–water partition coefficient (Wildman–Crippen LogP) is 5.54. The average molecular weight is 378 g/mol. The molecule has 20 heavy (non-hydrogen) atoms. The lowest BCUT2D eigenvalue weighted by molar-refractivity contribution is 0.262. The number of amides is 2. The zero-order valence-corrected chi connectivity index (χ0v) is 13.0. The number of para-hydroxylation sites is 1. The molecule has 0 saturated heterocycles. The lowest BCUT2D eigenvalue weighted by Crippen LogP contribution is -2.20. The maximum atomic E-state index is 13.1. The molecule has 2 aromatic rings. The van der Waals surface area contributed by atoms with Gasteiger partial charge in [-0.1, -0.05) is 35.3 Å². The molecule has 0 fully saturated rings. The van der Waals surface area contributed by atoms with E-state index in [1.54, 1.807) is 24.3 Å². The Morgan fingerprint density at radius 3 is 2.45 bits per heavy atom. The monoisotopic (exact) mass is 376 g/mol. The van der Waals surface area contributed by atoms with Gasteiger partial charge in [0.2, 0.25) is 0 Å².